The van der Waals surface area contributed by atoms with E-state index in [1.807, 2.05) is 0 Å². The highest BCUT2D eigenvalue weighted by Gasteiger charge is 2.13. The largest absolute Gasteiger partial charge is 0.321 e. The molecule has 0 aliphatic heterocycles. The molecule has 0 fully saturated rings. The fraction of sp³-hybridized carbons (Fsp3) is 0. The van der Waals surface area contributed by atoms with Crippen molar-refractivity contribution in [3.05, 3.63) is 58.9 Å². The topological polar surface area (TPSA) is 83.6 Å². The van der Waals surface area contributed by atoms with Gasteiger partial charge < -0.3 is 5.32 Å². The average molecular weight is 318 g/mol. The van der Waals surface area contributed by atoms with E-state index in [2.05, 4.69) is 25.9 Å². The summed E-state index contributed by atoms with van der Waals surface area (Å²) < 4.78 is 13.2. The second-order valence-corrected chi connectivity index (χ2v) is 4.84. The fourth-order valence-corrected chi connectivity index (χ4v) is 2.10. The van der Waals surface area contributed by atoms with Crippen LogP contribution in [0.4, 0.5) is 10.1 Å². The lowest BCUT2D eigenvalue weighted by Gasteiger charge is -2.10. The van der Waals surface area contributed by atoms with E-state index in [0.29, 0.717) is 22.1 Å². The van der Waals surface area contributed by atoms with Crippen molar-refractivity contribution in [1.29, 1.82) is 0 Å². The Morgan fingerprint density at radius 1 is 1.23 bits per heavy atom. The lowest BCUT2D eigenvalue weighted by atomic mass is 10.1. The first kappa shape index (κ1) is 14.2. The first-order chi connectivity index (χ1) is 10.6. The maximum absolute atomic E-state index is 13.2. The van der Waals surface area contributed by atoms with Crippen molar-refractivity contribution in [1.82, 2.24) is 20.6 Å². The van der Waals surface area contributed by atoms with Crippen LogP contribution >= 0.6 is 11.6 Å². The van der Waals surface area contributed by atoms with Crippen molar-refractivity contribution in [3.8, 4) is 11.4 Å². The molecule has 0 saturated heterocycles. The maximum atomic E-state index is 13.2. The van der Waals surface area contributed by atoms with Gasteiger partial charge in [-0.2, -0.15) is 0 Å². The lowest BCUT2D eigenvalue weighted by molar-refractivity contribution is 0.102. The Labute approximate surface area is 129 Å². The average Bonchev–Trinajstić information content (AvgIpc) is 3.01. The van der Waals surface area contributed by atoms with Crippen molar-refractivity contribution < 1.29 is 9.18 Å². The summed E-state index contributed by atoms with van der Waals surface area (Å²) in [6.45, 7) is 0. The number of anilines is 1. The number of hydrogen-bond donors (Lipinski definition) is 2. The van der Waals surface area contributed by atoms with Crippen molar-refractivity contribution in [2.45, 2.75) is 0 Å². The maximum Gasteiger partial charge on any atom is 0.255 e. The molecule has 0 unspecified atom stereocenters. The van der Waals surface area contributed by atoms with E-state index in [9.17, 15) is 9.18 Å². The molecule has 0 aliphatic carbocycles. The van der Waals surface area contributed by atoms with Gasteiger partial charge in [-0.3, -0.25) is 4.79 Å². The van der Waals surface area contributed by atoms with Crippen LogP contribution in [0.25, 0.3) is 11.4 Å². The van der Waals surface area contributed by atoms with Crippen LogP contribution < -0.4 is 5.32 Å². The van der Waals surface area contributed by atoms with Gasteiger partial charge in [0.2, 0.25) is 0 Å². The number of H-pyrrole nitrogens is 1. The molecule has 1 aromatic heterocycles. The molecule has 6 nitrogen and oxygen atoms in total. The van der Waals surface area contributed by atoms with Gasteiger partial charge in [0.15, 0.2) is 5.82 Å². The Morgan fingerprint density at radius 2 is 2.09 bits per heavy atom. The zero-order valence-corrected chi connectivity index (χ0v) is 11.8. The second-order valence-electron chi connectivity index (χ2n) is 4.40. The minimum absolute atomic E-state index is 0.196. The summed E-state index contributed by atoms with van der Waals surface area (Å²) in [6, 6.07) is 10.3. The Morgan fingerprint density at radius 3 is 2.82 bits per heavy atom. The highest BCUT2D eigenvalue weighted by molar-refractivity contribution is 6.31. The quantitative estimate of drug-likeness (QED) is 0.778. The van der Waals surface area contributed by atoms with Crippen molar-refractivity contribution in [2.24, 2.45) is 0 Å². The Balaban J connectivity index is 1.95. The number of halogens is 2. The number of carbonyl (C=O) groups excluding carboxylic acids is 1. The standard InChI is InChI=1S/C14H9ClFN5O/c15-9-4-5-11(13-18-20-21-19-13)12(7-9)17-14(22)8-2-1-3-10(16)6-8/h1-7H,(H,17,22)(H,18,19,20,21). The smallest absolute Gasteiger partial charge is 0.255 e. The number of aromatic nitrogens is 4. The molecule has 22 heavy (non-hydrogen) atoms. The summed E-state index contributed by atoms with van der Waals surface area (Å²) in [4.78, 5) is 12.2. The lowest BCUT2D eigenvalue weighted by Crippen LogP contribution is -2.13. The molecule has 0 radical (unpaired) electrons. The molecule has 1 heterocycles. The molecule has 3 aromatic rings. The van der Waals surface area contributed by atoms with Crippen LogP contribution in [-0.4, -0.2) is 26.5 Å². The van der Waals surface area contributed by atoms with Crippen molar-refractivity contribution in [3.63, 3.8) is 0 Å². The molecular formula is C14H9ClFN5O. The molecule has 2 aromatic carbocycles. The van der Waals surface area contributed by atoms with E-state index in [4.69, 9.17) is 11.6 Å². The number of nitrogens with zero attached hydrogens (tertiary/aromatic N) is 3. The van der Waals surface area contributed by atoms with Gasteiger partial charge in [-0.25, -0.2) is 9.49 Å². The number of carbonyl (C=O) groups is 1. The van der Waals surface area contributed by atoms with E-state index < -0.39 is 11.7 Å². The van der Waals surface area contributed by atoms with Crippen molar-refractivity contribution in [2.75, 3.05) is 5.32 Å². The molecule has 8 heteroatoms. The van der Waals surface area contributed by atoms with Crippen LogP contribution in [0, 0.1) is 5.82 Å². The number of tetrazole rings is 1. The molecule has 0 atom stereocenters. The van der Waals surface area contributed by atoms with Gasteiger partial charge in [0.05, 0.1) is 5.69 Å². The molecular weight excluding hydrogens is 309 g/mol. The predicted octanol–water partition coefficient (Wildman–Crippen LogP) is 2.91. The van der Waals surface area contributed by atoms with Crippen LogP contribution in [-0.2, 0) is 0 Å². The van der Waals surface area contributed by atoms with Crippen LogP contribution in [0.5, 0.6) is 0 Å². The minimum atomic E-state index is -0.488. The summed E-state index contributed by atoms with van der Waals surface area (Å²) >= 11 is 5.96. The minimum Gasteiger partial charge on any atom is -0.321 e. The predicted molar refractivity (Wildman–Crippen MR) is 79.0 cm³/mol. The third-order valence-electron chi connectivity index (χ3n) is 2.92. The highest BCUT2D eigenvalue weighted by atomic mass is 35.5. The molecule has 0 aliphatic rings. The molecule has 110 valence electrons. The van der Waals surface area contributed by atoms with E-state index in [1.54, 1.807) is 18.2 Å². The molecule has 3 rings (SSSR count). The molecule has 0 spiro atoms. The summed E-state index contributed by atoms with van der Waals surface area (Å²) in [7, 11) is 0. The van der Waals surface area contributed by atoms with Crippen molar-refractivity contribution >= 4 is 23.2 Å². The van der Waals surface area contributed by atoms with Gasteiger partial charge in [-0.1, -0.05) is 17.7 Å². The summed E-state index contributed by atoms with van der Waals surface area (Å²) in [5.41, 5.74) is 1.18. The zero-order chi connectivity index (χ0) is 15.5. The van der Waals surface area contributed by atoms with Gasteiger partial charge in [-0.15, -0.1) is 5.10 Å². The van der Waals surface area contributed by atoms with Gasteiger partial charge in [0.1, 0.15) is 5.82 Å². The molecule has 0 bridgehead atoms. The van der Waals surface area contributed by atoms with Crippen LogP contribution in [0.3, 0.4) is 0 Å². The van der Waals surface area contributed by atoms with Gasteiger partial charge >= 0.3 is 0 Å². The Kier molecular flexibility index (Phi) is 3.80. The highest BCUT2D eigenvalue weighted by Crippen LogP contribution is 2.28. The number of nitrogens with one attached hydrogen (secondary N) is 2. The summed E-state index contributed by atoms with van der Waals surface area (Å²) in [5.74, 6) is -0.569. The van der Waals surface area contributed by atoms with Crippen LogP contribution in [0.1, 0.15) is 10.4 Å². The molecule has 0 saturated carbocycles. The number of benzene rings is 2. The second kappa shape index (κ2) is 5.90. The van der Waals surface area contributed by atoms with E-state index in [-0.39, 0.29) is 5.56 Å². The Bertz CT molecular complexity index is 822. The SMILES string of the molecule is O=C(Nc1cc(Cl)ccc1-c1nnn[nH]1)c1cccc(F)c1. The van der Waals surface area contributed by atoms with E-state index >= 15 is 0 Å². The number of amides is 1. The van der Waals surface area contributed by atoms with Crippen LogP contribution in [0.2, 0.25) is 5.02 Å². The number of rotatable bonds is 3. The normalized spacial score (nSPS) is 10.5. The number of aromatic amines is 1. The van der Waals surface area contributed by atoms with Gasteiger partial charge in [0.25, 0.3) is 5.91 Å². The fourth-order valence-electron chi connectivity index (χ4n) is 1.92. The Hall–Kier alpha value is -2.80. The van der Waals surface area contributed by atoms with E-state index in [1.165, 1.54) is 18.2 Å². The third kappa shape index (κ3) is 2.94. The first-order valence-corrected chi connectivity index (χ1v) is 6.62. The monoisotopic (exact) mass is 317 g/mol. The zero-order valence-electron chi connectivity index (χ0n) is 11.0. The molecule has 1 amide bonds. The van der Waals surface area contributed by atoms with Gasteiger partial charge in [0, 0.05) is 16.1 Å². The number of hydrogen-bond acceptors (Lipinski definition) is 4. The molecule has 2 N–H and O–H groups in total. The third-order valence-corrected chi connectivity index (χ3v) is 3.15. The van der Waals surface area contributed by atoms with Gasteiger partial charge in [-0.05, 0) is 46.8 Å². The first-order valence-electron chi connectivity index (χ1n) is 6.24. The summed E-state index contributed by atoms with van der Waals surface area (Å²) in [5, 5.41) is 16.5. The summed E-state index contributed by atoms with van der Waals surface area (Å²) in [6.07, 6.45) is 0. The van der Waals surface area contributed by atoms with Crippen LogP contribution in [0.15, 0.2) is 42.5 Å². The van der Waals surface area contributed by atoms with E-state index in [0.717, 1.165) is 6.07 Å².